The summed E-state index contributed by atoms with van der Waals surface area (Å²) in [5, 5.41) is 6.53. The van der Waals surface area contributed by atoms with Crippen LogP contribution in [0.2, 0.25) is 0 Å². The standard InChI is InChI=1S/C21H15ClF5N3O3/c1-32-20(31)16-17(15-13(22)3-2-4-14(15)24)29-33-18(16)12-9-28-30(19(12)21(25,26)27)11-7-5-10(23)6-8-11/h2,4-5,7,9,13H,3,6,8H2,1H3. The number of hydrogen-bond donors (Lipinski definition) is 0. The van der Waals surface area contributed by atoms with E-state index in [-0.39, 0.29) is 36.2 Å². The summed E-state index contributed by atoms with van der Waals surface area (Å²) in [5.74, 6) is -2.98. The number of rotatable bonds is 4. The second-order valence-electron chi connectivity index (χ2n) is 7.18. The predicted octanol–water partition coefficient (Wildman–Crippen LogP) is 6.08. The van der Waals surface area contributed by atoms with Crippen molar-refractivity contribution in [2.24, 2.45) is 0 Å². The number of methoxy groups -OCH3 is 1. The zero-order valence-electron chi connectivity index (χ0n) is 16.9. The third-order valence-electron chi connectivity index (χ3n) is 5.15. The minimum absolute atomic E-state index is 0.0313. The van der Waals surface area contributed by atoms with E-state index >= 15 is 0 Å². The number of hydrogen-bond acceptors (Lipinski definition) is 5. The summed E-state index contributed by atoms with van der Waals surface area (Å²) in [6.07, 6.45) is 0.813. The van der Waals surface area contributed by atoms with Gasteiger partial charge in [0.25, 0.3) is 0 Å². The number of carbonyl (C=O) groups is 1. The molecule has 33 heavy (non-hydrogen) atoms. The molecule has 2 aromatic rings. The Hall–Kier alpha value is -3.21. The lowest BCUT2D eigenvalue weighted by molar-refractivity contribution is -0.142. The van der Waals surface area contributed by atoms with Crippen LogP contribution in [0.5, 0.6) is 0 Å². The zero-order chi connectivity index (χ0) is 23.9. The van der Waals surface area contributed by atoms with Gasteiger partial charge in [0.1, 0.15) is 22.9 Å². The van der Waals surface area contributed by atoms with Crippen molar-refractivity contribution >= 4 is 28.8 Å². The average molecular weight is 488 g/mol. The Morgan fingerprint density at radius 2 is 2.03 bits per heavy atom. The fourth-order valence-electron chi connectivity index (χ4n) is 3.64. The van der Waals surface area contributed by atoms with E-state index in [1.807, 2.05) is 0 Å². The zero-order valence-corrected chi connectivity index (χ0v) is 17.7. The Balaban J connectivity index is 1.95. The summed E-state index contributed by atoms with van der Waals surface area (Å²) in [5.41, 5.74) is -2.88. The van der Waals surface area contributed by atoms with E-state index in [1.54, 1.807) is 0 Å². The quantitative estimate of drug-likeness (QED) is 0.297. The van der Waals surface area contributed by atoms with Gasteiger partial charge in [0.15, 0.2) is 11.5 Å². The molecule has 0 aromatic carbocycles. The van der Waals surface area contributed by atoms with Crippen LogP contribution in [-0.2, 0) is 10.9 Å². The summed E-state index contributed by atoms with van der Waals surface area (Å²) >= 11 is 6.19. The third kappa shape index (κ3) is 4.12. The Bertz CT molecular complexity index is 1240. The molecule has 2 aliphatic carbocycles. The van der Waals surface area contributed by atoms with Gasteiger partial charge in [-0.3, -0.25) is 0 Å². The maximum Gasteiger partial charge on any atom is 0.434 e. The minimum atomic E-state index is -4.94. The number of ether oxygens (including phenoxy) is 1. The van der Waals surface area contributed by atoms with E-state index in [9.17, 15) is 26.7 Å². The summed E-state index contributed by atoms with van der Waals surface area (Å²) in [7, 11) is 1.01. The van der Waals surface area contributed by atoms with Gasteiger partial charge in [-0.1, -0.05) is 11.2 Å². The van der Waals surface area contributed by atoms with Gasteiger partial charge >= 0.3 is 12.1 Å². The Morgan fingerprint density at radius 1 is 1.27 bits per heavy atom. The molecule has 2 heterocycles. The van der Waals surface area contributed by atoms with Crippen LogP contribution in [0.3, 0.4) is 0 Å². The van der Waals surface area contributed by atoms with Gasteiger partial charge < -0.3 is 9.26 Å². The van der Waals surface area contributed by atoms with Crippen molar-refractivity contribution in [1.29, 1.82) is 0 Å². The third-order valence-corrected chi connectivity index (χ3v) is 5.54. The van der Waals surface area contributed by atoms with Crippen molar-refractivity contribution in [3.63, 3.8) is 0 Å². The molecule has 0 amide bonds. The number of esters is 1. The molecule has 1 atom stereocenters. The van der Waals surface area contributed by atoms with Gasteiger partial charge in [0, 0.05) is 17.7 Å². The first kappa shape index (κ1) is 23.0. The van der Waals surface area contributed by atoms with Crippen LogP contribution in [0.25, 0.3) is 22.6 Å². The van der Waals surface area contributed by atoms with Crippen LogP contribution in [-0.4, -0.2) is 33.4 Å². The number of carbonyl (C=O) groups excluding carboxylic acids is 1. The number of halogens is 6. The van der Waals surface area contributed by atoms with Gasteiger partial charge in [-0.05, 0) is 31.1 Å². The van der Waals surface area contributed by atoms with Gasteiger partial charge in [-0.15, -0.1) is 11.6 Å². The highest BCUT2D eigenvalue weighted by Crippen LogP contribution is 2.43. The molecule has 174 valence electrons. The Labute approximate surface area is 188 Å². The molecule has 0 N–H and O–H groups in total. The molecule has 6 nitrogen and oxygen atoms in total. The van der Waals surface area contributed by atoms with E-state index in [1.165, 1.54) is 12.2 Å². The lowest BCUT2D eigenvalue weighted by Gasteiger charge is -2.16. The highest BCUT2D eigenvalue weighted by atomic mass is 35.5. The maximum atomic E-state index is 14.5. The van der Waals surface area contributed by atoms with Crippen molar-refractivity contribution in [2.45, 2.75) is 30.8 Å². The van der Waals surface area contributed by atoms with Crippen LogP contribution >= 0.6 is 11.6 Å². The van der Waals surface area contributed by atoms with Crippen LogP contribution in [0.15, 0.2) is 46.7 Å². The highest BCUT2D eigenvalue weighted by molar-refractivity contribution is 6.27. The summed E-state index contributed by atoms with van der Waals surface area (Å²) in [6, 6.07) is 0. The molecule has 4 rings (SSSR count). The van der Waals surface area contributed by atoms with Crippen LogP contribution in [0, 0.1) is 0 Å². The summed E-state index contributed by atoms with van der Waals surface area (Å²) in [6.45, 7) is 0. The predicted molar refractivity (Wildman–Crippen MR) is 108 cm³/mol. The van der Waals surface area contributed by atoms with Gasteiger partial charge in [0.05, 0.1) is 24.2 Å². The topological polar surface area (TPSA) is 70.2 Å². The fourth-order valence-corrected chi connectivity index (χ4v) is 3.95. The molecule has 12 heteroatoms. The number of nitrogens with zero attached hydrogens (tertiary/aromatic N) is 3. The first-order valence-corrected chi connectivity index (χ1v) is 10.1. The molecule has 0 fully saturated rings. The molecule has 2 aromatic heterocycles. The lowest BCUT2D eigenvalue weighted by Crippen LogP contribution is -2.16. The van der Waals surface area contributed by atoms with E-state index in [2.05, 4.69) is 10.3 Å². The maximum absolute atomic E-state index is 14.5. The van der Waals surface area contributed by atoms with Crippen LogP contribution in [0.4, 0.5) is 22.0 Å². The van der Waals surface area contributed by atoms with E-state index in [0.29, 0.717) is 4.68 Å². The fraction of sp³-hybridized carbons (Fsp3) is 0.286. The van der Waals surface area contributed by atoms with E-state index in [0.717, 1.165) is 25.5 Å². The number of alkyl halides is 4. The first-order chi connectivity index (χ1) is 15.6. The first-order valence-electron chi connectivity index (χ1n) is 9.63. The van der Waals surface area contributed by atoms with Gasteiger partial charge in [-0.2, -0.15) is 18.3 Å². The monoisotopic (exact) mass is 487 g/mol. The van der Waals surface area contributed by atoms with Crippen molar-refractivity contribution in [3.8, 4) is 11.3 Å². The minimum Gasteiger partial charge on any atom is -0.465 e. The Morgan fingerprint density at radius 3 is 2.64 bits per heavy atom. The van der Waals surface area contributed by atoms with Crippen molar-refractivity contribution < 1.29 is 36.0 Å². The van der Waals surface area contributed by atoms with Crippen LogP contribution in [0.1, 0.15) is 41.0 Å². The molecule has 0 spiro atoms. The molecule has 0 radical (unpaired) electrons. The highest BCUT2D eigenvalue weighted by Gasteiger charge is 2.43. The average Bonchev–Trinajstić information content (AvgIpc) is 3.38. The molecule has 0 bridgehead atoms. The van der Waals surface area contributed by atoms with Gasteiger partial charge in [-0.25, -0.2) is 18.3 Å². The largest absolute Gasteiger partial charge is 0.465 e. The smallest absolute Gasteiger partial charge is 0.434 e. The Kier molecular flexibility index (Phi) is 6.00. The SMILES string of the molecule is COC(=O)c1c(C2=C(F)C=CCC2Cl)noc1-c1cnn(C2=CC=C(F)CC2)c1C(F)(F)F. The second kappa shape index (κ2) is 8.62. The van der Waals surface area contributed by atoms with Gasteiger partial charge in [0.2, 0.25) is 0 Å². The number of aromatic nitrogens is 3. The number of allylic oxidation sites excluding steroid dienone is 8. The van der Waals surface area contributed by atoms with E-state index < -0.39 is 51.8 Å². The normalized spacial score (nSPS) is 18.9. The van der Waals surface area contributed by atoms with Crippen molar-refractivity contribution in [3.05, 3.63) is 59.1 Å². The molecule has 0 aliphatic heterocycles. The van der Waals surface area contributed by atoms with Crippen molar-refractivity contribution in [1.82, 2.24) is 14.9 Å². The summed E-state index contributed by atoms with van der Waals surface area (Å²) in [4.78, 5) is 12.6. The summed E-state index contributed by atoms with van der Waals surface area (Å²) < 4.78 is 80.6. The molecular formula is C21H15ClF5N3O3. The van der Waals surface area contributed by atoms with Crippen molar-refractivity contribution in [2.75, 3.05) is 7.11 Å². The molecule has 2 aliphatic rings. The van der Waals surface area contributed by atoms with E-state index in [4.69, 9.17) is 20.9 Å². The molecule has 0 saturated carbocycles. The molecule has 0 saturated heterocycles. The molecular weight excluding hydrogens is 473 g/mol. The lowest BCUT2D eigenvalue weighted by atomic mass is 9.95. The molecule has 1 unspecified atom stereocenters. The second-order valence-corrected chi connectivity index (χ2v) is 7.71. The van der Waals surface area contributed by atoms with Crippen LogP contribution < -0.4 is 0 Å².